The number of hydrogen-bond acceptors (Lipinski definition) is 4. The molecule has 25 heavy (non-hydrogen) atoms. The molecule has 144 valence electrons. The highest BCUT2D eigenvalue weighted by atomic mass is 32.2. The van der Waals surface area contributed by atoms with E-state index in [2.05, 4.69) is 39.2 Å². The Kier molecular flexibility index (Phi) is 6.92. The third-order valence-electron chi connectivity index (χ3n) is 6.62. The van der Waals surface area contributed by atoms with Gasteiger partial charge in [-0.05, 0) is 36.9 Å². The predicted octanol–water partition coefficient (Wildman–Crippen LogP) is 2.33. The Morgan fingerprint density at radius 1 is 1.12 bits per heavy atom. The fraction of sp³-hybridized carbons (Fsp3) is 0.947. The number of morpholine rings is 1. The molecule has 3 aliphatic rings. The number of rotatable bonds is 6. The van der Waals surface area contributed by atoms with Crippen molar-refractivity contribution in [2.24, 2.45) is 10.4 Å². The summed E-state index contributed by atoms with van der Waals surface area (Å²) in [5, 5.41) is 7.29. The van der Waals surface area contributed by atoms with E-state index in [9.17, 15) is 0 Å². The highest BCUT2D eigenvalue weighted by Gasteiger charge is 2.41. The molecule has 2 saturated heterocycles. The molecular formula is C19H36N4OS. The fourth-order valence-electron chi connectivity index (χ4n) is 4.66. The van der Waals surface area contributed by atoms with Crippen molar-refractivity contribution in [2.45, 2.75) is 51.0 Å². The maximum absolute atomic E-state index is 5.57. The first-order valence-corrected chi connectivity index (χ1v) is 11.2. The Balaban J connectivity index is 1.54. The second kappa shape index (κ2) is 8.96. The maximum Gasteiger partial charge on any atom is 0.191 e. The summed E-state index contributed by atoms with van der Waals surface area (Å²) in [5.41, 5.74) is 0.755. The summed E-state index contributed by atoms with van der Waals surface area (Å²) < 4.78 is 5.57. The van der Waals surface area contributed by atoms with E-state index >= 15 is 0 Å². The summed E-state index contributed by atoms with van der Waals surface area (Å²) in [6, 6.07) is 0. The van der Waals surface area contributed by atoms with E-state index in [0.29, 0.717) is 5.41 Å². The van der Waals surface area contributed by atoms with Crippen LogP contribution in [0.1, 0.15) is 45.4 Å². The predicted molar refractivity (Wildman–Crippen MR) is 108 cm³/mol. The summed E-state index contributed by atoms with van der Waals surface area (Å²) in [4.78, 5) is 7.15. The van der Waals surface area contributed by atoms with E-state index in [1.807, 2.05) is 7.05 Å². The van der Waals surface area contributed by atoms with Gasteiger partial charge in [-0.1, -0.05) is 19.8 Å². The molecule has 2 aliphatic heterocycles. The quantitative estimate of drug-likeness (QED) is 0.557. The van der Waals surface area contributed by atoms with Gasteiger partial charge in [0.1, 0.15) is 0 Å². The van der Waals surface area contributed by atoms with E-state index in [1.54, 1.807) is 0 Å². The van der Waals surface area contributed by atoms with Crippen molar-refractivity contribution in [1.29, 1.82) is 0 Å². The van der Waals surface area contributed by atoms with Gasteiger partial charge in [0.2, 0.25) is 0 Å². The van der Waals surface area contributed by atoms with Gasteiger partial charge in [-0.3, -0.25) is 9.89 Å². The summed E-state index contributed by atoms with van der Waals surface area (Å²) >= 11 is 2.09. The monoisotopic (exact) mass is 368 g/mol. The van der Waals surface area contributed by atoms with Crippen molar-refractivity contribution in [3.63, 3.8) is 0 Å². The van der Waals surface area contributed by atoms with Crippen molar-refractivity contribution in [2.75, 3.05) is 57.9 Å². The van der Waals surface area contributed by atoms with Gasteiger partial charge in [-0.15, -0.1) is 0 Å². The Morgan fingerprint density at radius 2 is 1.84 bits per heavy atom. The Labute approximate surface area is 157 Å². The summed E-state index contributed by atoms with van der Waals surface area (Å²) in [6.45, 7) is 8.25. The topological polar surface area (TPSA) is 48.9 Å². The van der Waals surface area contributed by atoms with Crippen LogP contribution in [0.5, 0.6) is 0 Å². The highest BCUT2D eigenvalue weighted by Crippen LogP contribution is 2.40. The van der Waals surface area contributed by atoms with Gasteiger partial charge in [0.15, 0.2) is 5.96 Å². The maximum atomic E-state index is 5.57. The third kappa shape index (κ3) is 4.64. The molecule has 2 N–H and O–H groups in total. The lowest BCUT2D eigenvalue weighted by atomic mass is 9.83. The van der Waals surface area contributed by atoms with Crippen molar-refractivity contribution >= 4 is 17.7 Å². The molecule has 1 atom stereocenters. The van der Waals surface area contributed by atoms with Crippen LogP contribution in [0, 0.1) is 5.41 Å². The molecule has 0 radical (unpaired) electrons. The lowest BCUT2D eigenvalue weighted by Crippen LogP contribution is -2.60. The van der Waals surface area contributed by atoms with Crippen LogP contribution in [0.4, 0.5) is 0 Å². The second-order valence-corrected chi connectivity index (χ2v) is 9.07. The molecule has 5 nitrogen and oxygen atoms in total. The molecule has 6 heteroatoms. The Morgan fingerprint density at radius 3 is 2.44 bits per heavy atom. The van der Waals surface area contributed by atoms with E-state index in [4.69, 9.17) is 4.74 Å². The summed E-state index contributed by atoms with van der Waals surface area (Å²) in [6.07, 6.45) is 8.04. The number of nitrogens with one attached hydrogen (secondary N) is 2. The minimum Gasteiger partial charge on any atom is -0.379 e. The van der Waals surface area contributed by atoms with Crippen molar-refractivity contribution in [1.82, 2.24) is 15.5 Å². The minimum atomic E-state index is 0.266. The van der Waals surface area contributed by atoms with Gasteiger partial charge in [0.05, 0.1) is 13.2 Å². The summed E-state index contributed by atoms with van der Waals surface area (Å²) in [7, 11) is 1.90. The molecular weight excluding hydrogens is 332 g/mol. The number of nitrogens with zero attached hydrogens (tertiary/aromatic N) is 2. The summed E-state index contributed by atoms with van der Waals surface area (Å²) in [5.74, 6) is 3.46. The number of hydrogen-bond donors (Lipinski definition) is 2. The normalized spacial score (nSPS) is 30.6. The van der Waals surface area contributed by atoms with Gasteiger partial charge < -0.3 is 15.4 Å². The molecule has 3 rings (SSSR count). The molecule has 1 aliphatic carbocycles. The van der Waals surface area contributed by atoms with Crippen LogP contribution in [0.15, 0.2) is 4.99 Å². The van der Waals surface area contributed by atoms with E-state index in [-0.39, 0.29) is 5.54 Å². The molecule has 3 fully saturated rings. The molecule has 0 amide bonds. The van der Waals surface area contributed by atoms with Crippen LogP contribution < -0.4 is 10.6 Å². The fourth-order valence-corrected chi connectivity index (χ4v) is 6.13. The molecule has 1 saturated carbocycles. The largest absolute Gasteiger partial charge is 0.379 e. The molecule has 2 heterocycles. The van der Waals surface area contributed by atoms with Gasteiger partial charge in [-0.2, -0.15) is 11.8 Å². The van der Waals surface area contributed by atoms with Crippen molar-refractivity contribution in [3.05, 3.63) is 0 Å². The Hall–Kier alpha value is -0.460. The number of thioether (sulfide) groups is 1. The average Bonchev–Trinajstić information content (AvgIpc) is 3.33. The van der Waals surface area contributed by atoms with Crippen molar-refractivity contribution in [3.8, 4) is 0 Å². The number of guanidine groups is 1. The average molecular weight is 369 g/mol. The first-order valence-electron chi connectivity index (χ1n) is 10.1. The zero-order valence-electron chi connectivity index (χ0n) is 16.1. The molecule has 0 spiro atoms. The van der Waals surface area contributed by atoms with Crippen LogP contribution in [0.2, 0.25) is 0 Å². The second-order valence-electron chi connectivity index (χ2n) is 7.97. The smallest absolute Gasteiger partial charge is 0.191 e. The zero-order valence-corrected chi connectivity index (χ0v) is 16.9. The van der Waals surface area contributed by atoms with Crippen molar-refractivity contribution < 1.29 is 4.74 Å². The lowest BCUT2D eigenvalue weighted by Gasteiger charge is -2.43. The van der Waals surface area contributed by atoms with Gasteiger partial charge >= 0.3 is 0 Å². The minimum absolute atomic E-state index is 0.266. The SMILES string of the molecule is CCC1(CNC(=NC)NCC2(N3CCOCC3)CCSC2)CCCC1. The molecule has 1 unspecified atom stereocenters. The molecule has 0 aromatic heterocycles. The molecule has 0 aromatic rings. The van der Waals surface area contributed by atoms with Crippen LogP contribution in [0.3, 0.4) is 0 Å². The first-order chi connectivity index (χ1) is 12.2. The van der Waals surface area contributed by atoms with E-state index in [1.165, 1.54) is 50.0 Å². The van der Waals surface area contributed by atoms with Crippen LogP contribution in [-0.4, -0.2) is 74.3 Å². The van der Waals surface area contributed by atoms with Crippen LogP contribution in [0.25, 0.3) is 0 Å². The van der Waals surface area contributed by atoms with Gasteiger partial charge in [0, 0.05) is 44.5 Å². The Bertz CT molecular complexity index is 439. The first kappa shape index (κ1) is 19.3. The lowest BCUT2D eigenvalue weighted by molar-refractivity contribution is -0.0120. The van der Waals surface area contributed by atoms with Crippen LogP contribution >= 0.6 is 11.8 Å². The van der Waals surface area contributed by atoms with Gasteiger partial charge in [0.25, 0.3) is 0 Å². The highest BCUT2D eigenvalue weighted by molar-refractivity contribution is 7.99. The third-order valence-corrected chi connectivity index (χ3v) is 7.85. The van der Waals surface area contributed by atoms with Gasteiger partial charge in [-0.25, -0.2) is 0 Å². The van der Waals surface area contributed by atoms with E-state index in [0.717, 1.165) is 45.4 Å². The molecule has 0 aromatic carbocycles. The number of aliphatic imine (C=N–C) groups is 1. The number of ether oxygens (including phenoxy) is 1. The zero-order chi connectivity index (χ0) is 17.6. The standard InChI is InChI=1S/C19H36N4OS/c1-3-18(6-4-5-7-18)14-21-17(20-2)22-15-19(8-13-25-16-19)23-9-11-24-12-10-23/h3-16H2,1-2H3,(H2,20,21,22). The van der Waals surface area contributed by atoms with Crippen LogP contribution in [-0.2, 0) is 4.74 Å². The van der Waals surface area contributed by atoms with E-state index < -0.39 is 0 Å². The molecule has 0 bridgehead atoms.